The largest absolute Gasteiger partial charge is 0.507 e. The van der Waals surface area contributed by atoms with Gasteiger partial charge in [-0.15, -0.1) is 0 Å². The van der Waals surface area contributed by atoms with Gasteiger partial charge in [-0.25, -0.2) is 0 Å². The molecule has 2 aromatic rings. The number of nitro groups is 1. The Bertz CT molecular complexity index is 1060. The van der Waals surface area contributed by atoms with Gasteiger partial charge in [0, 0.05) is 35.8 Å². The van der Waals surface area contributed by atoms with E-state index < -0.39 is 22.7 Å². The van der Waals surface area contributed by atoms with Crippen molar-refractivity contribution < 1.29 is 19.6 Å². The minimum atomic E-state index is -0.943. The molecule has 1 saturated heterocycles. The zero-order valence-corrected chi connectivity index (χ0v) is 18.6. The van der Waals surface area contributed by atoms with E-state index in [0.29, 0.717) is 22.7 Å². The molecule has 32 heavy (non-hydrogen) atoms. The normalized spacial score (nSPS) is 17.9. The first-order valence-corrected chi connectivity index (χ1v) is 10.7. The van der Waals surface area contributed by atoms with E-state index in [2.05, 4.69) is 4.90 Å². The van der Waals surface area contributed by atoms with E-state index in [1.54, 1.807) is 30.3 Å². The number of carbonyl (C=O) groups excluding carboxylic acids is 2. The number of hydrogen-bond acceptors (Lipinski definition) is 6. The van der Waals surface area contributed by atoms with E-state index in [4.69, 9.17) is 11.6 Å². The predicted molar refractivity (Wildman–Crippen MR) is 121 cm³/mol. The highest BCUT2D eigenvalue weighted by Gasteiger charge is 2.46. The Balaban J connectivity index is 2.13. The molecular weight excluding hydrogens is 434 g/mol. The number of Topliss-reactive ketones (excluding diaryl/α,β-unsaturated/α-hetero) is 1. The van der Waals surface area contributed by atoms with Gasteiger partial charge >= 0.3 is 0 Å². The Kier molecular flexibility index (Phi) is 7.27. The minimum absolute atomic E-state index is 0.0997. The molecular formula is C23H24ClN3O5. The van der Waals surface area contributed by atoms with Crippen molar-refractivity contribution in [3.05, 3.63) is 80.4 Å². The maximum atomic E-state index is 13.0. The number of aliphatic hydroxyl groups is 1. The first-order chi connectivity index (χ1) is 15.3. The molecule has 1 atom stereocenters. The third-order valence-electron chi connectivity index (χ3n) is 5.61. The Labute approximate surface area is 190 Å². The zero-order chi connectivity index (χ0) is 23.4. The molecule has 0 aliphatic carbocycles. The molecule has 3 rings (SSSR count). The number of non-ortho nitro benzene ring substituents is 1. The quantitative estimate of drug-likeness (QED) is 0.211. The van der Waals surface area contributed by atoms with Crippen molar-refractivity contribution in [3.63, 3.8) is 0 Å². The average Bonchev–Trinajstić information content (AvgIpc) is 3.04. The van der Waals surface area contributed by atoms with Gasteiger partial charge < -0.3 is 14.9 Å². The number of benzene rings is 2. The van der Waals surface area contributed by atoms with Crippen LogP contribution in [0.25, 0.3) is 5.76 Å². The first kappa shape index (κ1) is 23.4. The number of amides is 1. The maximum absolute atomic E-state index is 13.0. The fourth-order valence-corrected chi connectivity index (χ4v) is 3.94. The Morgan fingerprint density at radius 2 is 1.81 bits per heavy atom. The van der Waals surface area contributed by atoms with Gasteiger partial charge in [-0.2, -0.15) is 0 Å². The summed E-state index contributed by atoms with van der Waals surface area (Å²) in [6.45, 7) is 6.29. The standard InChI is InChI=1S/C23H24ClN3O5/c1-3-25(4-2)12-13-26-20(16-6-5-7-18(14-16)27(31)32)19(22(29)23(26)30)21(28)15-8-10-17(24)11-9-15/h5-11,14,20,28H,3-4,12-13H2,1-2H3. The van der Waals surface area contributed by atoms with Crippen LogP contribution in [-0.2, 0) is 9.59 Å². The summed E-state index contributed by atoms with van der Waals surface area (Å²) in [5, 5.41) is 22.8. The monoisotopic (exact) mass is 457 g/mol. The summed E-state index contributed by atoms with van der Waals surface area (Å²) in [5.74, 6) is -1.92. The number of nitro benzene ring substituents is 1. The Morgan fingerprint density at radius 1 is 1.16 bits per heavy atom. The molecule has 0 saturated carbocycles. The third-order valence-corrected chi connectivity index (χ3v) is 5.86. The SMILES string of the molecule is CCN(CC)CCN1C(=O)C(=O)C(=C(O)c2ccc(Cl)cc2)C1c1cccc([N+](=O)[O-])c1. The molecule has 1 aliphatic heterocycles. The van der Waals surface area contributed by atoms with E-state index in [-0.39, 0.29) is 23.6 Å². The van der Waals surface area contributed by atoms with Gasteiger partial charge in [0.15, 0.2) is 0 Å². The third kappa shape index (κ3) is 4.66. The second-order valence-electron chi connectivity index (χ2n) is 7.38. The fraction of sp³-hybridized carbons (Fsp3) is 0.304. The maximum Gasteiger partial charge on any atom is 0.295 e. The summed E-state index contributed by atoms with van der Waals surface area (Å²) in [6, 6.07) is 11.1. The van der Waals surface area contributed by atoms with Gasteiger partial charge in [0.2, 0.25) is 0 Å². The van der Waals surface area contributed by atoms with Crippen LogP contribution in [0.2, 0.25) is 5.02 Å². The van der Waals surface area contributed by atoms with Crippen molar-refractivity contribution >= 4 is 34.7 Å². The highest BCUT2D eigenvalue weighted by atomic mass is 35.5. The van der Waals surface area contributed by atoms with Crippen LogP contribution in [0.4, 0.5) is 5.69 Å². The number of nitrogens with zero attached hydrogens (tertiary/aromatic N) is 3. The van der Waals surface area contributed by atoms with Crippen LogP contribution in [0.5, 0.6) is 0 Å². The molecule has 1 aliphatic rings. The molecule has 2 aromatic carbocycles. The molecule has 0 radical (unpaired) electrons. The van der Waals surface area contributed by atoms with E-state index >= 15 is 0 Å². The highest BCUT2D eigenvalue weighted by Crippen LogP contribution is 2.40. The molecule has 9 heteroatoms. The fourth-order valence-electron chi connectivity index (χ4n) is 3.82. The number of rotatable bonds is 8. The number of carbonyl (C=O) groups is 2. The van der Waals surface area contributed by atoms with Crippen molar-refractivity contribution in [3.8, 4) is 0 Å². The number of likely N-dealkylation sites (tertiary alicyclic amines) is 1. The van der Waals surface area contributed by atoms with Gasteiger partial charge in [0.1, 0.15) is 5.76 Å². The van der Waals surface area contributed by atoms with Crippen molar-refractivity contribution in [2.75, 3.05) is 26.2 Å². The van der Waals surface area contributed by atoms with Crippen LogP contribution in [0.1, 0.15) is 31.0 Å². The van der Waals surface area contributed by atoms with Gasteiger partial charge in [-0.05, 0) is 42.9 Å². The number of likely N-dealkylation sites (N-methyl/N-ethyl adjacent to an activating group) is 1. The van der Waals surface area contributed by atoms with Crippen LogP contribution in [-0.4, -0.2) is 57.7 Å². The molecule has 0 aromatic heterocycles. The van der Waals surface area contributed by atoms with Crippen molar-refractivity contribution in [1.82, 2.24) is 9.80 Å². The predicted octanol–water partition coefficient (Wildman–Crippen LogP) is 4.01. The van der Waals surface area contributed by atoms with Crippen molar-refractivity contribution in [2.45, 2.75) is 19.9 Å². The average molecular weight is 458 g/mol. The lowest BCUT2D eigenvalue weighted by atomic mass is 9.95. The summed E-state index contributed by atoms with van der Waals surface area (Å²) in [5.41, 5.74) is 0.445. The van der Waals surface area contributed by atoms with E-state index in [1.807, 2.05) is 13.8 Å². The second-order valence-corrected chi connectivity index (χ2v) is 7.81. The molecule has 1 heterocycles. The van der Waals surface area contributed by atoms with Crippen molar-refractivity contribution in [2.24, 2.45) is 0 Å². The summed E-state index contributed by atoms with van der Waals surface area (Å²) in [6.07, 6.45) is 0. The summed E-state index contributed by atoms with van der Waals surface area (Å²) in [4.78, 5) is 40.2. The van der Waals surface area contributed by atoms with E-state index in [1.165, 1.54) is 23.1 Å². The molecule has 1 fully saturated rings. The molecule has 1 unspecified atom stereocenters. The topological polar surface area (TPSA) is 104 Å². The summed E-state index contributed by atoms with van der Waals surface area (Å²) < 4.78 is 0. The van der Waals surface area contributed by atoms with Crippen molar-refractivity contribution in [1.29, 1.82) is 0 Å². The summed E-state index contributed by atoms with van der Waals surface area (Å²) >= 11 is 5.93. The lowest BCUT2D eigenvalue weighted by Gasteiger charge is -2.28. The Morgan fingerprint density at radius 3 is 2.41 bits per heavy atom. The first-order valence-electron chi connectivity index (χ1n) is 10.3. The Hall–Kier alpha value is -3.23. The van der Waals surface area contributed by atoms with E-state index in [9.17, 15) is 24.8 Å². The smallest absolute Gasteiger partial charge is 0.295 e. The van der Waals surface area contributed by atoms with Crippen LogP contribution in [0.15, 0.2) is 54.1 Å². The number of aliphatic hydroxyl groups excluding tert-OH is 1. The minimum Gasteiger partial charge on any atom is -0.507 e. The van der Waals surface area contributed by atoms with Gasteiger partial charge in [-0.1, -0.05) is 37.6 Å². The highest BCUT2D eigenvalue weighted by molar-refractivity contribution is 6.46. The molecule has 168 valence electrons. The number of ketones is 1. The van der Waals surface area contributed by atoms with Crippen LogP contribution < -0.4 is 0 Å². The molecule has 1 N–H and O–H groups in total. The molecule has 1 amide bonds. The van der Waals surface area contributed by atoms with Gasteiger partial charge in [0.05, 0.1) is 16.5 Å². The second kappa shape index (κ2) is 9.93. The lowest BCUT2D eigenvalue weighted by Crippen LogP contribution is -2.38. The van der Waals surface area contributed by atoms with Crippen LogP contribution >= 0.6 is 11.6 Å². The van der Waals surface area contributed by atoms with Crippen LogP contribution in [0, 0.1) is 10.1 Å². The zero-order valence-electron chi connectivity index (χ0n) is 17.8. The van der Waals surface area contributed by atoms with E-state index in [0.717, 1.165) is 13.1 Å². The molecule has 0 bridgehead atoms. The molecule has 8 nitrogen and oxygen atoms in total. The van der Waals surface area contributed by atoms with Crippen LogP contribution in [0.3, 0.4) is 0 Å². The summed E-state index contributed by atoms with van der Waals surface area (Å²) in [7, 11) is 0. The number of halogens is 1. The lowest BCUT2D eigenvalue weighted by molar-refractivity contribution is -0.384. The molecule has 0 spiro atoms. The number of hydrogen-bond donors (Lipinski definition) is 1. The van der Waals surface area contributed by atoms with Gasteiger partial charge in [0.25, 0.3) is 17.4 Å². The van der Waals surface area contributed by atoms with Gasteiger partial charge in [-0.3, -0.25) is 19.7 Å².